The van der Waals surface area contributed by atoms with Gasteiger partial charge in [-0.1, -0.05) is 13.3 Å². The maximum absolute atomic E-state index is 10.7. The second-order valence-corrected chi connectivity index (χ2v) is 5.15. The highest BCUT2D eigenvalue weighted by molar-refractivity contribution is 5.65. The maximum atomic E-state index is 10.7. The second kappa shape index (κ2) is 5.80. The molecule has 0 aliphatic carbocycles. The Kier molecular flexibility index (Phi) is 4.91. The Morgan fingerprint density at radius 3 is 2.76 bits per heavy atom. The SMILES string of the molecule is CC[C@@H]1CC(C)(C)OO[C@@H]1[C@H](O)COC(C)=O. The number of ether oxygens (including phenoxy) is 1. The molecule has 0 unspecified atom stereocenters. The second-order valence-electron chi connectivity index (χ2n) is 5.15. The molecule has 1 saturated heterocycles. The van der Waals surface area contributed by atoms with Crippen LogP contribution < -0.4 is 0 Å². The number of rotatable bonds is 4. The van der Waals surface area contributed by atoms with E-state index in [4.69, 9.17) is 14.5 Å². The first-order valence-electron chi connectivity index (χ1n) is 6.01. The summed E-state index contributed by atoms with van der Waals surface area (Å²) in [6, 6.07) is 0. The van der Waals surface area contributed by atoms with Crippen LogP contribution in [-0.4, -0.2) is 35.5 Å². The Hall–Kier alpha value is -0.650. The van der Waals surface area contributed by atoms with Gasteiger partial charge >= 0.3 is 5.97 Å². The minimum Gasteiger partial charge on any atom is -0.463 e. The van der Waals surface area contributed by atoms with Gasteiger partial charge in [0.15, 0.2) is 0 Å². The third-order valence-corrected chi connectivity index (χ3v) is 2.96. The van der Waals surface area contributed by atoms with Crippen molar-refractivity contribution in [2.24, 2.45) is 5.92 Å². The van der Waals surface area contributed by atoms with E-state index in [-0.39, 0.29) is 18.1 Å². The van der Waals surface area contributed by atoms with Crippen molar-refractivity contribution in [3.63, 3.8) is 0 Å². The molecule has 0 radical (unpaired) electrons. The molecule has 0 bridgehead atoms. The summed E-state index contributed by atoms with van der Waals surface area (Å²) in [4.78, 5) is 21.2. The van der Waals surface area contributed by atoms with Gasteiger partial charge in [0.1, 0.15) is 18.8 Å². The first-order valence-corrected chi connectivity index (χ1v) is 6.01. The van der Waals surface area contributed by atoms with Crippen molar-refractivity contribution in [3.8, 4) is 0 Å². The molecule has 5 heteroatoms. The van der Waals surface area contributed by atoms with Crippen LogP contribution in [0.3, 0.4) is 0 Å². The van der Waals surface area contributed by atoms with E-state index in [9.17, 15) is 9.90 Å². The summed E-state index contributed by atoms with van der Waals surface area (Å²) in [5.74, 6) is -0.210. The number of carbonyl (C=O) groups excluding carboxylic acids is 1. The predicted octanol–water partition coefficient (Wildman–Crippen LogP) is 1.44. The highest BCUT2D eigenvalue weighted by atomic mass is 17.2. The van der Waals surface area contributed by atoms with E-state index in [1.165, 1.54) is 6.92 Å². The van der Waals surface area contributed by atoms with Gasteiger partial charge < -0.3 is 9.84 Å². The zero-order valence-electron chi connectivity index (χ0n) is 10.9. The van der Waals surface area contributed by atoms with Crippen molar-refractivity contribution in [3.05, 3.63) is 0 Å². The van der Waals surface area contributed by atoms with Gasteiger partial charge in [-0.2, -0.15) is 0 Å². The molecule has 0 spiro atoms. The van der Waals surface area contributed by atoms with E-state index in [0.29, 0.717) is 0 Å². The maximum Gasteiger partial charge on any atom is 0.302 e. The van der Waals surface area contributed by atoms with Gasteiger partial charge in [-0.25, -0.2) is 9.78 Å². The lowest BCUT2D eigenvalue weighted by atomic mass is 9.84. The van der Waals surface area contributed by atoms with E-state index in [0.717, 1.165) is 12.8 Å². The summed E-state index contributed by atoms with van der Waals surface area (Å²) in [6.45, 7) is 7.20. The standard InChI is InChI=1S/C12H22O5/c1-5-9-6-12(3,4)17-16-11(9)10(14)7-15-8(2)13/h9-11,14H,5-7H2,1-4H3/t9-,10-,11+/m1/s1. The summed E-state index contributed by atoms with van der Waals surface area (Å²) in [5, 5.41) is 9.91. The van der Waals surface area contributed by atoms with Gasteiger partial charge in [-0.05, 0) is 26.2 Å². The van der Waals surface area contributed by atoms with Crippen LogP contribution in [0.4, 0.5) is 0 Å². The van der Waals surface area contributed by atoms with E-state index < -0.39 is 18.2 Å². The summed E-state index contributed by atoms with van der Waals surface area (Å²) in [6.07, 6.45) is 0.409. The molecular formula is C12H22O5. The summed E-state index contributed by atoms with van der Waals surface area (Å²) in [5.41, 5.74) is -0.335. The molecule has 1 aliphatic rings. The van der Waals surface area contributed by atoms with Crippen molar-refractivity contribution < 1.29 is 24.4 Å². The van der Waals surface area contributed by atoms with E-state index in [2.05, 4.69) is 0 Å². The molecule has 17 heavy (non-hydrogen) atoms. The van der Waals surface area contributed by atoms with Crippen molar-refractivity contribution in [1.82, 2.24) is 0 Å². The number of carbonyl (C=O) groups is 1. The van der Waals surface area contributed by atoms with E-state index in [1.807, 2.05) is 20.8 Å². The molecule has 0 amide bonds. The van der Waals surface area contributed by atoms with Crippen LogP contribution in [0.2, 0.25) is 0 Å². The lowest BCUT2D eigenvalue weighted by Crippen LogP contribution is -2.48. The van der Waals surface area contributed by atoms with Crippen LogP contribution in [0.1, 0.15) is 40.5 Å². The first-order chi connectivity index (χ1) is 7.85. The molecule has 0 aromatic heterocycles. The quantitative estimate of drug-likeness (QED) is 0.600. The van der Waals surface area contributed by atoms with Crippen molar-refractivity contribution in [1.29, 1.82) is 0 Å². The molecule has 0 aromatic rings. The topological polar surface area (TPSA) is 65.0 Å². The fourth-order valence-corrected chi connectivity index (χ4v) is 2.10. The molecule has 0 aromatic carbocycles. The van der Waals surface area contributed by atoms with Crippen molar-refractivity contribution in [2.45, 2.75) is 58.3 Å². The molecule has 1 rings (SSSR count). The number of aliphatic hydroxyl groups excluding tert-OH is 1. The fourth-order valence-electron chi connectivity index (χ4n) is 2.10. The van der Waals surface area contributed by atoms with Crippen LogP contribution in [-0.2, 0) is 19.3 Å². The summed E-state index contributed by atoms with van der Waals surface area (Å²) in [7, 11) is 0. The highest BCUT2D eigenvalue weighted by Crippen LogP contribution is 2.34. The molecule has 3 atom stereocenters. The fraction of sp³-hybridized carbons (Fsp3) is 0.917. The number of esters is 1. The molecule has 1 fully saturated rings. The van der Waals surface area contributed by atoms with Gasteiger partial charge in [0.25, 0.3) is 0 Å². The van der Waals surface area contributed by atoms with Crippen molar-refractivity contribution in [2.75, 3.05) is 6.61 Å². The molecule has 0 saturated carbocycles. The molecular weight excluding hydrogens is 224 g/mol. The third kappa shape index (κ3) is 4.26. The van der Waals surface area contributed by atoms with E-state index in [1.54, 1.807) is 0 Å². The van der Waals surface area contributed by atoms with Crippen LogP contribution in [0.5, 0.6) is 0 Å². The van der Waals surface area contributed by atoms with Gasteiger partial charge in [-0.3, -0.25) is 4.79 Å². The average molecular weight is 246 g/mol. The van der Waals surface area contributed by atoms with Crippen LogP contribution >= 0.6 is 0 Å². The predicted molar refractivity (Wildman–Crippen MR) is 61.1 cm³/mol. The first kappa shape index (κ1) is 14.4. The Balaban J connectivity index is 2.54. The van der Waals surface area contributed by atoms with Crippen LogP contribution in [0.25, 0.3) is 0 Å². The molecule has 5 nitrogen and oxygen atoms in total. The smallest absolute Gasteiger partial charge is 0.302 e. The summed E-state index contributed by atoms with van der Waals surface area (Å²) >= 11 is 0. The number of hydrogen-bond donors (Lipinski definition) is 1. The minimum absolute atomic E-state index is 0.0553. The zero-order valence-corrected chi connectivity index (χ0v) is 10.9. The number of aliphatic hydroxyl groups is 1. The average Bonchev–Trinajstić information content (AvgIpc) is 2.24. The monoisotopic (exact) mass is 246 g/mol. The molecule has 1 N–H and O–H groups in total. The van der Waals surface area contributed by atoms with Gasteiger partial charge in [0.05, 0.1) is 5.60 Å². The molecule has 1 aliphatic heterocycles. The number of hydrogen-bond acceptors (Lipinski definition) is 5. The lowest BCUT2D eigenvalue weighted by Gasteiger charge is -2.40. The largest absolute Gasteiger partial charge is 0.463 e. The minimum atomic E-state index is -0.847. The van der Waals surface area contributed by atoms with Gasteiger partial charge in [-0.15, -0.1) is 0 Å². The zero-order chi connectivity index (χ0) is 13.1. The Morgan fingerprint density at radius 1 is 1.59 bits per heavy atom. The van der Waals surface area contributed by atoms with Crippen LogP contribution in [0, 0.1) is 5.92 Å². The third-order valence-electron chi connectivity index (χ3n) is 2.96. The van der Waals surface area contributed by atoms with Crippen molar-refractivity contribution >= 4 is 5.97 Å². The molecule has 1 heterocycles. The normalized spacial score (nSPS) is 29.7. The Morgan fingerprint density at radius 2 is 2.24 bits per heavy atom. The highest BCUT2D eigenvalue weighted by Gasteiger charge is 2.40. The summed E-state index contributed by atoms with van der Waals surface area (Å²) < 4.78 is 4.78. The Bertz CT molecular complexity index is 264. The van der Waals surface area contributed by atoms with Gasteiger partial charge in [0, 0.05) is 6.92 Å². The molecule has 100 valence electrons. The lowest BCUT2D eigenvalue weighted by molar-refractivity contribution is -0.424. The Labute approximate surface area is 102 Å². The van der Waals surface area contributed by atoms with Crippen LogP contribution in [0.15, 0.2) is 0 Å². The van der Waals surface area contributed by atoms with E-state index >= 15 is 0 Å². The van der Waals surface area contributed by atoms with Gasteiger partial charge in [0.2, 0.25) is 0 Å².